The van der Waals surface area contributed by atoms with Crippen molar-refractivity contribution in [1.29, 1.82) is 0 Å². The summed E-state index contributed by atoms with van der Waals surface area (Å²) in [7, 11) is 0. The Morgan fingerprint density at radius 3 is 2.50 bits per heavy atom. The molecule has 0 radical (unpaired) electrons. The molecule has 0 saturated carbocycles. The Labute approximate surface area is 139 Å². The molecule has 0 saturated heterocycles. The number of hydrogen-bond acceptors (Lipinski definition) is 4. The van der Waals surface area contributed by atoms with Crippen LogP contribution in [0, 0.1) is 10.1 Å². The predicted molar refractivity (Wildman–Crippen MR) is 90.0 cm³/mol. The summed E-state index contributed by atoms with van der Waals surface area (Å²) in [6.45, 7) is 2.33. The lowest BCUT2D eigenvalue weighted by Gasteiger charge is -2.14. The third-order valence-corrected chi connectivity index (χ3v) is 4.20. The summed E-state index contributed by atoms with van der Waals surface area (Å²) >= 11 is 5.96. The van der Waals surface area contributed by atoms with Crippen molar-refractivity contribution in [2.24, 2.45) is 0 Å². The number of fused-ring (bicyclic) bond motifs is 2. The fourth-order valence-electron chi connectivity index (χ4n) is 2.80. The van der Waals surface area contributed by atoms with Crippen LogP contribution in [0.2, 0.25) is 5.02 Å². The first-order valence-corrected chi connectivity index (χ1v) is 7.40. The number of aromatic nitrogens is 1. The maximum absolute atomic E-state index is 12.7. The molecule has 0 spiro atoms. The summed E-state index contributed by atoms with van der Waals surface area (Å²) in [5, 5.41) is 20.4. The molecule has 1 N–H and O–H groups in total. The van der Waals surface area contributed by atoms with E-state index in [1.807, 2.05) is 6.92 Å². The number of benzene rings is 2. The second-order valence-electron chi connectivity index (χ2n) is 5.19. The van der Waals surface area contributed by atoms with Crippen LogP contribution in [0.15, 0.2) is 35.1 Å². The number of nitro groups is 1. The quantitative estimate of drug-likeness (QED) is 0.444. The number of aryl methyl sites for hydroxylation is 1. The second-order valence-corrected chi connectivity index (χ2v) is 5.60. The van der Waals surface area contributed by atoms with Crippen molar-refractivity contribution in [3.63, 3.8) is 0 Å². The number of nitro benzene ring substituents is 1. The molecule has 24 heavy (non-hydrogen) atoms. The SMILES string of the molecule is CCn1c2ccc(C(=O)O)cc2c(=O)c2cc([N+](=O)[O-])c(Cl)cc21. The highest BCUT2D eigenvalue weighted by Gasteiger charge is 2.19. The standard InChI is InChI=1S/C16H11ClN2O5/c1-2-18-12-4-3-8(16(21)22)5-9(12)15(20)10-6-14(19(23)24)11(17)7-13(10)18/h3-7H,2H2,1H3,(H,21,22). The zero-order valence-electron chi connectivity index (χ0n) is 12.4. The normalized spacial score (nSPS) is 11.1. The average molecular weight is 347 g/mol. The van der Waals surface area contributed by atoms with Gasteiger partial charge in [-0.25, -0.2) is 4.79 Å². The number of carbonyl (C=O) groups is 1. The monoisotopic (exact) mass is 346 g/mol. The molecule has 3 aromatic rings. The maximum atomic E-state index is 12.7. The zero-order chi connectivity index (χ0) is 17.6. The van der Waals surface area contributed by atoms with Gasteiger partial charge in [0.2, 0.25) is 0 Å². The van der Waals surface area contributed by atoms with Crippen LogP contribution in [0.5, 0.6) is 0 Å². The van der Waals surface area contributed by atoms with Crippen LogP contribution < -0.4 is 5.43 Å². The Morgan fingerprint density at radius 1 is 1.25 bits per heavy atom. The molecule has 0 aliphatic heterocycles. The number of rotatable bonds is 3. The van der Waals surface area contributed by atoms with Gasteiger partial charge in [0.25, 0.3) is 5.69 Å². The van der Waals surface area contributed by atoms with Crippen LogP contribution in [0.25, 0.3) is 21.8 Å². The van der Waals surface area contributed by atoms with Gasteiger partial charge in [0, 0.05) is 18.0 Å². The maximum Gasteiger partial charge on any atom is 0.335 e. The lowest BCUT2D eigenvalue weighted by Crippen LogP contribution is -2.12. The lowest BCUT2D eigenvalue weighted by molar-refractivity contribution is -0.384. The van der Waals surface area contributed by atoms with Gasteiger partial charge in [0.05, 0.1) is 26.9 Å². The summed E-state index contributed by atoms with van der Waals surface area (Å²) < 4.78 is 1.77. The van der Waals surface area contributed by atoms with Crippen molar-refractivity contribution >= 4 is 45.1 Å². The predicted octanol–water partition coefficient (Wildman–Crippen LogP) is 3.43. The number of hydrogen-bond donors (Lipinski definition) is 1. The molecule has 0 aliphatic carbocycles. The molecule has 1 heterocycles. The molecule has 1 aromatic heterocycles. The molecule has 0 aliphatic rings. The van der Waals surface area contributed by atoms with Gasteiger partial charge in [-0.2, -0.15) is 0 Å². The molecule has 0 fully saturated rings. The molecule has 122 valence electrons. The Bertz CT molecular complexity index is 1090. The van der Waals surface area contributed by atoms with E-state index in [9.17, 15) is 19.7 Å². The molecule has 0 atom stereocenters. The summed E-state index contributed by atoms with van der Waals surface area (Å²) in [6, 6.07) is 6.78. The number of aromatic carboxylic acids is 1. The smallest absolute Gasteiger partial charge is 0.335 e. The zero-order valence-corrected chi connectivity index (χ0v) is 13.2. The van der Waals surface area contributed by atoms with Gasteiger partial charge in [-0.3, -0.25) is 14.9 Å². The van der Waals surface area contributed by atoms with E-state index in [0.29, 0.717) is 17.6 Å². The lowest BCUT2D eigenvalue weighted by atomic mass is 10.1. The van der Waals surface area contributed by atoms with E-state index >= 15 is 0 Å². The van der Waals surface area contributed by atoms with Crippen molar-refractivity contribution in [1.82, 2.24) is 4.57 Å². The molecule has 0 unspecified atom stereocenters. The summed E-state index contributed by atoms with van der Waals surface area (Å²) in [5.41, 5.74) is 0.161. The fourth-order valence-corrected chi connectivity index (χ4v) is 3.03. The first-order chi connectivity index (χ1) is 11.3. The highest BCUT2D eigenvalue weighted by atomic mass is 35.5. The third kappa shape index (κ3) is 2.30. The molecule has 0 amide bonds. The molecule has 0 bridgehead atoms. The van der Waals surface area contributed by atoms with Gasteiger partial charge in [-0.1, -0.05) is 11.6 Å². The number of carboxylic acid groups (broad SMARTS) is 1. The third-order valence-electron chi connectivity index (χ3n) is 3.89. The highest BCUT2D eigenvalue weighted by molar-refractivity contribution is 6.33. The molecular weight excluding hydrogens is 336 g/mol. The van der Waals surface area contributed by atoms with E-state index in [0.717, 1.165) is 6.07 Å². The number of nitrogens with zero attached hydrogens (tertiary/aromatic N) is 2. The first-order valence-electron chi connectivity index (χ1n) is 7.02. The van der Waals surface area contributed by atoms with Gasteiger partial charge in [-0.15, -0.1) is 0 Å². The van der Waals surface area contributed by atoms with Crippen LogP contribution in [0.1, 0.15) is 17.3 Å². The molecule has 8 heteroatoms. The van der Waals surface area contributed by atoms with E-state index in [1.54, 1.807) is 10.6 Å². The average Bonchev–Trinajstić information content (AvgIpc) is 2.54. The Morgan fingerprint density at radius 2 is 1.92 bits per heavy atom. The highest BCUT2D eigenvalue weighted by Crippen LogP contribution is 2.30. The summed E-state index contributed by atoms with van der Waals surface area (Å²) in [6.07, 6.45) is 0. The van der Waals surface area contributed by atoms with E-state index in [2.05, 4.69) is 0 Å². The topological polar surface area (TPSA) is 102 Å². The van der Waals surface area contributed by atoms with Crippen LogP contribution in [0.3, 0.4) is 0 Å². The van der Waals surface area contributed by atoms with Gasteiger partial charge >= 0.3 is 5.97 Å². The van der Waals surface area contributed by atoms with Gasteiger partial charge in [-0.05, 0) is 31.2 Å². The first kappa shape index (κ1) is 15.9. The van der Waals surface area contributed by atoms with Crippen molar-refractivity contribution in [3.8, 4) is 0 Å². The van der Waals surface area contributed by atoms with E-state index in [-0.39, 0.29) is 27.0 Å². The van der Waals surface area contributed by atoms with Crippen molar-refractivity contribution < 1.29 is 14.8 Å². The minimum absolute atomic E-state index is 0.0231. The van der Waals surface area contributed by atoms with Crippen LogP contribution in [-0.2, 0) is 6.54 Å². The van der Waals surface area contributed by atoms with Gasteiger partial charge < -0.3 is 9.67 Å². The largest absolute Gasteiger partial charge is 0.478 e. The van der Waals surface area contributed by atoms with E-state index < -0.39 is 16.3 Å². The fraction of sp³-hybridized carbons (Fsp3) is 0.125. The summed E-state index contributed by atoms with van der Waals surface area (Å²) in [4.78, 5) is 34.3. The molecule has 3 rings (SSSR count). The Hall–Kier alpha value is -2.93. The minimum atomic E-state index is -1.15. The van der Waals surface area contributed by atoms with Crippen LogP contribution in [0.4, 0.5) is 5.69 Å². The number of carboxylic acids is 1. The number of pyridine rings is 1. The van der Waals surface area contributed by atoms with E-state index in [4.69, 9.17) is 16.7 Å². The number of halogens is 1. The van der Waals surface area contributed by atoms with Crippen LogP contribution in [-0.4, -0.2) is 20.6 Å². The second kappa shape index (κ2) is 5.61. The van der Waals surface area contributed by atoms with Gasteiger partial charge in [0.1, 0.15) is 5.02 Å². The molecule has 2 aromatic carbocycles. The van der Waals surface area contributed by atoms with E-state index in [1.165, 1.54) is 18.2 Å². The van der Waals surface area contributed by atoms with Crippen molar-refractivity contribution in [2.75, 3.05) is 0 Å². The van der Waals surface area contributed by atoms with Crippen molar-refractivity contribution in [2.45, 2.75) is 13.5 Å². The Kier molecular flexibility index (Phi) is 3.73. The minimum Gasteiger partial charge on any atom is -0.478 e. The molecule has 7 nitrogen and oxygen atoms in total. The van der Waals surface area contributed by atoms with Crippen LogP contribution >= 0.6 is 11.6 Å². The summed E-state index contributed by atoms with van der Waals surface area (Å²) in [5.74, 6) is -1.15. The molecular formula is C16H11ClN2O5. The Balaban J connectivity index is 2.55. The van der Waals surface area contributed by atoms with Crippen molar-refractivity contribution in [3.05, 3.63) is 61.3 Å². The van der Waals surface area contributed by atoms with Gasteiger partial charge in [0.15, 0.2) is 5.43 Å².